The van der Waals surface area contributed by atoms with Gasteiger partial charge in [0.15, 0.2) is 11.5 Å². The van der Waals surface area contributed by atoms with Crippen molar-refractivity contribution in [1.82, 2.24) is 29.5 Å². The summed E-state index contributed by atoms with van der Waals surface area (Å²) < 4.78 is 42.7. The average molecular weight is 445 g/mol. The molecule has 0 saturated carbocycles. The second-order valence-corrected chi connectivity index (χ2v) is 7.43. The minimum Gasteiger partial charge on any atom is -0.322 e. The minimum absolute atomic E-state index is 0.103. The maximum atomic E-state index is 13.3. The van der Waals surface area contributed by atoms with Crippen LogP contribution in [0.4, 0.5) is 18.9 Å². The molecule has 0 fully saturated rings. The third-order valence-electron chi connectivity index (χ3n) is 4.87. The Hall–Kier alpha value is -3.96. The molecule has 0 spiro atoms. The van der Waals surface area contributed by atoms with Crippen LogP contribution in [0, 0.1) is 0 Å². The molecule has 166 valence electrons. The van der Waals surface area contributed by atoms with Gasteiger partial charge >= 0.3 is 6.18 Å². The molecule has 12 heteroatoms. The van der Waals surface area contributed by atoms with Gasteiger partial charge in [0, 0.05) is 24.3 Å². The summed E-state index contributed by atoms with van der Waals surface area (Å²) in [6.45, 7) is 3.93. The standard InChI is InChI=1S/C20H18F3N7O2/c1-10(2)30-9-24-27-16(30)11-5-4-6-12(7-11)25-18(31)14-8-13-15(20(21,22)23)28-29(3)17(13)26-19(14)32/h4-10H,1-3H3,(H,25,31)(H,26,32). The van der Waals surface area contributed by atoms with Gasteiger partial charge < -0.3 is 14.9 Å². The monoisotopic (exact) mass is 445 g/mol. The molecule has 2 N–H and O–H groups in total. The third-order valence-corrected chi connectivity index (χ3v) is 4.87. The lowest BCUT2D eigenvalue weighted by atomic mass is 10.1. The second kappa shape index (κ2) is 7.62. The Morgan fingerprint density at radius 3 is 2.66 bits per heavy atom. The first-order chi connectivity index (χ1) is 15.1. The summed E-state index contributed by atoms with van der Waals surface area (Å²) in [6.07, 6.45) is -3.15. The molecular formula is C20H18F3N7O2. The van der Waals surface area contributed by atoms with Crippen LogP contribution in [0.1, 0.15) is 35.9 Å². The molecule has 0 aliphatic rings. The van der Waals surface area contributed by atoms with E-state index in [1.54, 1.807) is 30.6 Å². The lowest BCUT2D eigenvalue weighted by molar-refractivity contribution is -0.140. The van der Waals surface area contributed by atoms with Crippen LogP contribution < -0.4 is 10.9 Å². The molecule has 1 aromatic carbocycles. The zero-order valence-electron chi connectivity index (χ0n) is 17.2. The largest absolute Gasteiger partial charge is 0.435 e. The van der Waals surface area contributed by atoms with E-state index in [4.69, 9.17) is 0 Å². The van der Waals surface area contributed by atoms with Crippen LogP contribution in [0.2, 0.25) is 0 Å². The molecule has 0 radical (unpaired) electrons. The maximum absolute atomic E-state index is 13.3. The van der Waals surface area contributed by atoms with Crippen LogP contribution in [0.5, 0.6) is 0 Å². The van der Waals surface area contributed by atoms with E-state index < -0.39 is 28.9 Å². The number of nitrogens with zero attached hydrogens (tertiary/aromatic N) is 5. The van der Waals surface area contributed by atoms with Gasteiger partial charge in [-0.25, -0.2) is 0 Å². The molecule has 0 bridgehead atoms. The first-order valence-electron chi connectivity index (χ1n) is 9.54. The van der Waals surface area contributed by atoms with Crippen molar-refractivity contribution in [1.29, 1.82) is 0 Å². The molecule has 0 unspecified atom stereocenters. The number of halogens is 3. The number of aromatic amines is 1. The van der Waals surface area contributed by atoms with Crippen molar-refractivity contribution >= 4 is 22.6 Å². The number of alkyl halides is 3. The van der Waals surface area contributed by atoms with Crippen LogP contribution >= 0.6 is 0 Å². The number of H-pyrrole nitrogens is 1. The van der Waals surface area contributed by atoms with E-state index in [1.807, 2.05) is 18.4 Å². The van der Waals surface area contributed by atoms with E-state index in [9.17, 15) is 22.8 Å². The number of nitrogens with one attached hydrogen (secondary N) is 2. The van der Waals surface area contributed by atoms with Crippen molar-refractivity contribution in [3.63, 3.8) is 0 Å². The number of pyridine rings is 1. The zero-order chi connectivity index (χ0) is 23.2. The van der Waals surface area contributed by atoms with Gasteiger partial charge in [-0.1, -0.05) is 12.1 Å². The van der Waals surface area contributed by atoms with Crippen LogP contribution in [0.25, 0.3) is 22.4 Å². The van der Waals surface area contributed by atoms with Gasteiger partial charge in [-0.15, -0.1) is 10.2 Å². The summed E-state index contributed by atoms with van der Waals surface area (Å²) in [5, 5.41) is 13.6. The highest BCUT2D eigenvalue weighted by atomic mass is 19.4. The van der Waals surface area contributed by atoms with Crippen molar-refractivity contribution in [2.75, 3.05) is 5.32 Å². The number of fused-ring (bicyclic) bond motifs is 1. The Kier molecular flexibility index (Phi) is 5.07. The molecule has 0 atom stereocenters. The molecule has 9 nitrogen and oxygen atoms in total. The fourth-order valence-electron chi connectivity index (χ4n) is 3.35. The van der Waals surface area contributed by atoms with E-state index >= 15 is 0 Å². The predicted molar refractivity (Wildman–Crippen MR) is 110 cm³/mol. The predicted octanol–water partition coefficient (Wildman–Crippen LogP) is 3.37. The molecule has 3 heterocycles. The lowest BCUT2D eigenvalue weighted by Gasteiger charge is -2.11. The van der Waals surface area contributed by atoms with Crippen molar-refractivity contribution in [3.05, 3.63) is 58.3 Å². The first kappa shape index (κ1) is 21.3. The number of amides is 1. The van der Waals surface area contributed by atoms with E-state index in [2.05, 4.69) is 25.6 Å². The van der Waals surface area contributed by atoms with Crippen molar-refractivity contribution in [3.8, 4) is 11.4 Å². The van der Waals surface area contributed by atoms with Crippen molar-refractivity contribution in [2.24, 2.45) is 7.05 Å². The van der Waals surface area contributed by atoms with Gasteiger partial charge in [0.25, 0.3) is 11.5 Å². The van der Waals surface area contributed by atoms with Gasteiger partial charge in [0.2, 0.25) is 0 Å². The molecule has 0 aliphatic heterocycles. The molecule has 4 aromatic rings. The smallest absolute Gasteiger partial charge is 0.322 e. The van der Waals surface area contributed by atoms with Gasteiger partial charge in [0.1, 0.15) is 17.5 Å². The summed E-state index contributed by atoms with van der Waals surface area (Å²) in [5.74, 6) is -0.270. The number of carbonyl (C=O) groups excluding carboxylic acids is 1. The number of aryl methyl sites for hydroxylation is 1. The molecule has 1 amide bonds. The van der Waals surface area contributed by atoms with Gasteiger partial charge in [0.05, 0.1) is 5.39 Å². The van der Waals surface area contributed by atoms with E-state index in [0.717, 1.165) is 10.7 Å². The maximum Gasteiger partial charge on any atom is 0.435 e. The Morgan fingerprint density at radius 2 is 1.97 bits per heavy atom. The Morgan fingerprint density at radius 1 is 1.22 bits per heavy atom. The quantitative estimate of drug-likeness (QED) is 0.500. The molecule has 0 aliphatic carbocycles. The lowest BCUT2D eigenvalue weighted by Crippen LogP contribution is -2.23. The molecular weight excluding hydrogens is 427 g/mol. The Balaban J connectivity index is 1.70. The first-order valence-corrected chi connectivity index (χ1v) is 9.54. The normalized spacial score (nSPS) is 12.0. The minimum atomic E-state index is -4.74. The third kappa shape index (κ3) is 3.74. The summed E-state index contributed by atoms with van der Waals surface area (Å²) in [7, 11) is 1.27. The van der Waals surface area contributed by atoms with Gasteiger partial charge in [-0.3, -0.25) is 14.3 Å². The fourth-order valence-corrected chi connectivity index (χ4v) is 3.35. The van der Waals surface area contributed by atoms with Gasteiger partial charge in [-0.05, 0) is 32.0 Å². The van der Waals surface area contributed by atoms with Crippen molar-refractivity contribution < 1.29 is 18.0 Å². The highest BCUT2D eigenvalue weighted by Gasteiger charge is 2.37. The number of anilines is 1. The van der Waals surface area contributed by atoms with E-state index in [-0.39, 0.29) is 17.1 Å². The SMILES string of the molecule is CC(C)n1cnnc1-c1cccc(NC(=O)c2cc3c(C(F)(F)F)nn(C)c3[nH]c2=O)c1. The van der Waals surface area contributed by atoms with Crippen LogP contribution in [-0.2, 0) is 13.2 Å². The van der Waals surface area contributed by atoms with Crippen LogP contribution in [0.3, 0.4) is 0 Å². The van der Waals surface area contributed by atoms with E-state index in [0.29, 0.717) is 17.1 Å². The highest BCUT2D eigenvalue weighted by Crippen LogP contribution is 2.33. The number of hydrogen-bond acceptors (Lipinski definition) is 5. The number of carbonyl (C=O) groups is 1. The van der Waals surface area contributed by atoms with Gasteiger partial charge in [-0.2, -0.15) is 18.3 Å². The average Bonchev–Trinajstić information content (AvgIpc) is 3.33. The number of hydrogen-bond donors (Lipinski definition) is 2. The molecule has 32 heavy (non-hydrogen) atoms. The fraction of sp³-hybridized carbons (Fsp3) is 0.250. The zero-order valence-corrected chi connectivity index (χ0v) is 17.2. The van der Waals surface area contributed by atoms with Crippen LogP contribution in [-0.4, -0.2) is 35.4 Å². The summed E-state index contributed by atoms with van der Waals surface area (Å²) in [5.41, 5.74) is -1.60. The number of aromatic nitrogens is 6. The van der Waals surface area contributed by atoms with E-state index in [1.165, 1.54) is 7.05 Å². The topological polar surface area (TPSA) is 110 Å². The Labute approximate surface area is 178 Å². The molecule has 0 saturated heterocycles. The summed E-state index contributed by atoms with van der Waals surface area (Å²) >= 11 is 0. The summed E-state index contributed by atoms with van der Waals surface area (Å²) in [6, 6.07) is 7.70. The molecule has 4 rings (SSSR count). The van der Waals surface area contributed by atoms with Crippen LogP contribution in [0.15, 0.2) is 41.5 Å². The highest BCUT2D eigenvalue weighted by molar-refractivity contribution is 6.06. The summed E-state index contributed by atoms with van der Waals surface area (Å²) in [4.78, 5) is 27.4. The van der Waals surface area contributed by atoms with Crippen molar-refractivity contribution in [2.45, 2.75) is 26.1 Å². The number of benzene rings is 1. The number of rotatable bonds is 4. The Bertz CT molecular complexity index is 1380. The second-order valence-electron chi connectivity index (χ2n) is 7.43. The molecule has 3 aromatic heterocycles.